The molecule has 1 aromatic heterocycles. The van der Waals surface area contributed by atoms with E-state index in [0.29, 0.717) is 0 Å². The summed E-state index contributed by atoms with van der Waals surface area (Å²) >= 11 is 0. The van der Waals surface area contributed by atoms with E-state index in [2.05, 4.69) is 76.8 Å². The predicted molar refractivity (Wildman–Crippen MR) is 114 cm³/mol. The average molecular weight is 354 g/mol. The van der Waals surface area contributed by atoms with Crippen molar-refractivity contribution in [1.29, 1.82) is 0 Å². The number of nitrogens with one attached hydrogen (secondary N) is 1. The number of aromatic nitrogens is 2. The average Bonchev–Trinajstić information content (AvgIpc) is 2.72. The molecule has 0 atom stereocenters. The zero-order valence-electron chi connectivity index (χ0n) is 15.8. The SMILES string of the molecule is CNc1ccc(N(C)c2ccccc2-c2nc(C)nc3ccccc23)cc1. The Labute approximate surface area is 159 Å². The van der Waals surface area contributed by atoms with Gasteiger partial charge in [-0.2, -0.15) is 0 Å². The number of para-hydroxylation sites is 2. The summed E-state index contributed by atoms with van der Waals surface area (Å²) in [6.07, 6.45) is 0. The third-order valence-electron chi connectivity index (χ3n) is 4.78. The molecule has 134 valence electrons. The zero-order chi connectivity index (χ0) is 18.8. The molecule has 0 aliphatic rings. The van der Waals surface area contributed by atoms with Crippen LogP contribution in [0, 0.1) is 6.92 Å². The third-order valence-corrected chi connectivity index (χ3v) is 4.78. The molecule has 0 aliphatic carbocycles. The molecule has 0 fully saturated rings. The van der Waals surface area contributed by atoms with Crippen LogP contribution in [0.2, 0.25) is 0 Å². The molecule has 4 aromatic rings. The van der Waals surface area contributed by atoms with Crippen LogP contribution in [0.1, 0.15) is 5.82 Å². The van der Waals surface area contributed by atoms with Crippen molar-refractivity contribution in [2.24, 2.45) is 0 Å². The smallest absolute Gasteiger partial charge is 0.126 e. The van der Waals surface area contributed by atoms with Gasteiger partial charge in [0.25, 0.3) is 0 Å². The summed E-state index contributed by atoms with van der Waals surface area (Å²) in [6, 6.07) is 25.0. The molecular weight excluding hydrogens is 332 g/mol. The van der Waals surface area contributed by atoms with Crippen molar-refractivity contribution in [3.05, 3.63) is 78.6 Å². The molecule has 4 nitrogen and oxygen atoms in total. The Morgan fingerprint density at radius 1 is 0.815 bits per heavy atom. The van der Waals surface area contributed by atoms with Crippen molar-refractivity contribution in [2.45, 2.75) is 6.92 Å². The molecule has 0 saturated heterocycles. The fourth-order valence-electron chi connectivity index (χ4n) is 3.36. The quantitative estimate of drug-likeness (QED) is 0.532. The molecule has 0 spiro atoms. The first kappa shape index (κ1) is 17.0. The van der Waals surface area contributed by atoms with E-state index in [1.165, 1.54) is 0 Å². The van der Waals surface area contributed by atoms with E-state index < -0.39 is 0 Å². The molecule has 4 heteroatoms. The van der Waals surface area contributed by atoms with Crippen LogP contribution < -0.4 is 10.2 Å². The van der Waals surface area contributed by atoms with Gasteiger partial charge in [-0.05, 0) is 43.3 Å². The van der Waals surface area contributed by atoms with Gasteiger partial charge in [0, 0.05) is 36.4 Å². The Kier molecular flexibility index (Phi) is 4.47. The van der Waals surface area contributed by atoms with E-state index in [1.54, 1.807) is 0 Å². The Hall–Kier alpha value is -3.40. The molecule has 3 aromatic carbocycles. The van der Waals surface area contributed by atoms with Gasteiger partial charge in [-0.1, -0.05) is 36.4 Å². The van der Waals surface area contributed by atoms with Gasteiger partial charge in [-0.25, -0.2) is 9.97 Å². The summed E-state index contributed by atoms with van der Waals surface area (Å²) in [7, 11) is 4.01. The van der Waals surface area contributed by atoms with Gasteiger partial charge in [0.15, 0.2) is 0 Å². The van der Waals surface area contributed by atoms with E-state index in [-0.39, 0.29) is 0 Å². The van der Waals surface area contributed by atoms with Crippen LogP contribution in [-0.4, -0.2) is 24.1 Å². The lowest BCUT2D eigenvalue weighted by molar-refractivity contribution is 1.09. The van der Waals surface area contributed by atoms with E-state index in [9.17, 15) is 0 Å². The minimum absolute atomic E-state index is 0.777. The highest BCUT2D eigenvalue weighted by molar-refractivity contribution is 5.96. The van der Waals surface area contributed by atoms with Crippen molar-refractivity contribution in [3.63, 3.8) is 0 Å². The summed E-state index contributed by atoms with van der Waals surface area (Å²) in [6.45, 7) is 1.94. The monoisotopic (exact) mass is 354 g/mol. The minimum Gasteiger partial charge on any atom is -0.388 e. The minimum atomic E-state index is 0.777. The fourth-order valence-corrected chi connectivity index (χ4v) is 3.36. The van der Waals surface area contributed by atoms with Gasteiger partial charge >= 0.3 is 0 Å². The summed E-state index contributed by atoms with van der Waals surface area (Å²) in [5.41, 5.74) is 6.36. The van der Waals surface area contributed by atoms with Crippen LogP contribution in [-0.2, 0) is 0 Å². The number of anilines is 3. The van der Waals surface area contributed by atoms with Gasteiger partial charge in [-0.3, -0.25) is 0 Å². The highest BCUT2D eigenvalue weighted by Crippen LogP contribution is 2.36. The van der Waals surface area contributed by atoms with Gasteiger partial charge in [0.05, 0.1) is 16.9 Å². The van der Waals surface area contributed by atoms with Gasteiger partial charge in [0.1, 0.15) is 5.82 Å². The topological polar surface area (TPSA) is 41.0 Å². The normalized spacial score (nSPS) is 10.8. The van der Waals surface area contributed by atoms with Gasteiger partial charge in [-0.15, -0.1) is 0 Å². The molecule has 27 heavy (non-hydrogen) atoms. The molecule has 0 aliphatic heterocycles. The highest BCUT2D eigenvalue weighted by Gasteiger charge is 2.15. The molecule has 0 unspecified atom stereocenters. The number of rotatable bonds is 4. The second-order valence-corrected chi connectivity index (χ2v) is 6.51. The first-order valence-electron chi connectivity index (χ1n) is 9.01. The lowest BCUT2D eigenvalue weighted by Gasteiger charge is -2.23. The van der Waals surface area contributed by atoms with Gasteiger partial charge < -0.3 is 10.2 Å². The van der Waals surface area contributed by atoms with Crippen LogP contribution in [0.15, 0.2) is 72.8 Å². The second kappa shape index (κ2) is 7.08. The molecule has 0 radical (unpaired) electrons. The molecule has 0 bridgehead atoms. The van der Waals surface area contributed by atoms with Crippen molar-refractivity contribution < 1.29 is 0 Å². The summed E-state index contributed by atoms with van der Waals surface area (Å²) in [5.74, 6) is 0.777. The maximum Gasteiger partial charge on any atom is 0.126 e. The number of aryl methyl sites for hydroxylation is 1. The fraction of sp³-hybridized carbons (Fsp3) is 0.130. The first-order valence-corrected chi connectivity index (χ1v) is 9.01. The summed E-state index contributed by atoms with van der Waals surface area (Å²) in [4.78, 5) is 11.6. The molecule has 1 N–H and O–H groups in total. The van der Waals surface area contributed by atoms with E-state index >= 15 is 0 Å². The summed E-state index contributed by atoms with van der Waals surface area (Å²) < 4.78 is 0. The molecule has 4 rings (SSSR count). The maximum absolute atomic E-state index is 4.79. The number of hydrogen-bond acceptors (Lipinski definition) is 4. The van der Waals surface area contributed by atoms with E-state index in [4.69, 9.17) is 4.98 Å². The number of benzene rings is 3. The van der Waals surface area contributed by atoms with Crippen LogP contribution in [0.4, 0.5) is 17.1 Å². The Balaban J connectivity index is 1.87. The van der Waals surface area contributed by atoms with Crippen molar-refractivity contribution in [3.8, 4) is 11.3 Å². The largest absolute Gasteiger partial charge is 0.388 e. The van der Waals surface area contributed by atoms with Crippen LogP contribution in [0.3, 0.4) is 0 Å². The molecule has 0 saturated carbocycles. The van der Waals surface area contributed by atoms with Crippen molar-refractivity contribution >= 4 is 28.0 Å². The first-order chi connectivity index (χ1) is 13.2. The Morgan fingerprint density at radius 2 is 1.52 bits per heavy atom. The molecular formula is C23H22N4. The molecule has 1 heterocycles. The predicted octanol–water partition coefficient (Wildman–Crippen LogP) is 5.41. The lowest BCUT2D eigenvalue weighted by atomic mass is 10.0. The zero-order valence-corrected chi connectivity index (χ0v) is 15.8. The standard InChI is InChI=1S/C23H22N4/c1-16-25-21-10-6-4-8-19(21)23(26-16)20-9-5-7-11-22(20)27(3)18-14-12-17(24-2)13-15-18/h4-15,24H,1-3H3. The van der Waals surface area contributed by atoms with Crippen molar-refractivity contribution in [1.82, 2.24) is 9.97 Å². The van der Waals surface area contributed by atoms with E-state index in [0.717, 1.165) is 45.0 Å². The lowest BCUT2D eigenvalue weighted by Crippen LogP contribution is -2.11. The second-order valence-electron chi connectivity index (χ2n) is 6.51. The highest BCUT2D eigenvalue weighted by atomic mass is 15.1. The number of fused-ring (bicyclic) bond motifs is 1. The third kappa shape index (κ3) is 3.22. The Bertz CT molecular complexity index is 1090. The van der Waals surface area contributed by atoms with E-state index in [1.807, 2.05) is 32.2 Å². The summed E-state index contributed by atoms with van der Waals surface area (Å²) in [5, 5.41) is 4.23. The van der Waals surface area contributed by atoms with Gasteiger partial charge in [0.2, 0.25) is 0 Å². The van der Waals surface area contributed by atoms with Crippen LogP contribution in [0.25, 0.3) is 22.2 Å². The number of hydrogen-bond donors (Lipinski definition) is 1. The maximum atomic E-state index is 4.79. The number of nitrogens with zero attached hydrogens (tertiary/aromatic N) is 3. The van der Waals surface area contributed by atoms with Crippen LogP contribution >= 0.6 is 0 Å². The van der Waals surface area contributed by atoms with Crippen molar-refractivity contribution in [2.75, 3.05) is 24.3 Å². The van der Waals surface area contributed by atoms with Crippen LogP contribution in [0.5, 0.6) is 0 Å². The Morgan fingerprint density at radius 3 is 2.30 bits per heavy atom. The molecule has 0 amide bonds.